The van der Waals surface area contributed by atoms with E-state index < -0.39 is 17.9 Å². The summed E-state index contributed by atoms with van der Waals surface area (Å²) in [4.78, 5) is 17.6. The zero-order chi connectivity index (χ0) is 34.1. The van der Waals surface area contributed by atoms with E-state index in [9.17, 15) is 14.3 Å². The van der Waals surface area contributed by atoms with E-state index in [4.69, 9.17) is 27.8 Å². The van der Waals surface area contributed by atoms with Crippen molar-refractivity contribution < 1.29 is 19.0 Å². The number of amides is 1. The van der Waals surface area contributed by atoms with Gasteiger partial charge in [0.1, 0.15) is 17.4 Å². The molecule has 0 saturated heterocycles. The van der Waals surface area contributed by atoms with Crippen molar-refractivity contribution in [2.45, 2.75) is 52.6 Å². The molecule has 1 aromatic heterocycles. The molecule has 0 spiro atoms. The summed E-state index contributed by atoms with van der Waals surface area (Å²) in [5.41, 5.74) is 15.8. The molecule has 0 saturated carbocycles. The number of aliphatic hydroxyl groups is 1. The van der Waals surface area contributed by atoms with Gasteiger partial charge in [0.15, 0.2) is 0 Å². The van der Waals surface area contributed by atoms with Crippen LogP contribution in [0.3, 0.4) is 0 Å². The molecule has 0 aliphatic carbocycles. The highest BCUT2D eigenvalue weighted by Crippen LogP contribution is 2.27. The van der Waals surface area contributed by atoms with Crippen molar-refractivity contribution in [1.82, 2.24) is 4.98 Å². The molecule has 4 aromatic rings. The van der Waals surface area contributed by atoms with Crippen LogP contribution in [0.4, 0.5) is 10.2 Å². The maximum atomic E-state index is 13.4. The van der Waals surface area contributed by atoms with Gasteiger partial charge in [0, 0.05) is 43.3 Å². The summed E-state index contributed by atoms with van der Waals surface area (Å²) in [5.74, 6) is 0.448. The normalized spacial score (nSPS) is 12.6. The predicted molar refractivity (Wildman–Crippen MR) is 188 cm³/mol. The Bertz CT molecular complexity index is 1470. The number of nitrogens with two attached hydrogens (primary N) is 2. The number of hydrogen-bond acceptors (Lipinski definition) is 6. The average Bonchev–Trinajstić information content (AvgIpc) is 3.07. The Balaban J connectivity index is 0.000000238. The minimum Gasteiger partial charge on any atom is -0.493 e. The second kappa shape index (κ2) is 20.2. The maximum absolute atomic E-state index is 13.4. The Labute approximate surface area is 278 Å². The first-order chi connectivity index (χ1) is 22.1. The number of aromatic nitrogens is 1. The molecule has 1 aliphatic rings. The Morgan fingerprint density at radius 2 is 1.72 bits per heavy atom. The molecule has 1 aliphatic heterocycles. The second-order valence-corrected chi connectivity index (χ2v) is 11.3. The van der Waals surface area contributed by atoms with Gasteiger partial charge in [-0.1, -0.05) is 73.5 Å². The maximum Gasteiger partial charge on any atom is 0.220 e. The quantitative estimate of drug-likeness (QED) is 0.189. The lowest BCUT2D eigenvalue weighted by Gasteiger charge is -2.16. The number of fused-ring (bicyclic) bond motifs is 1. The third-order valence-electron chi connectivity index (χ3n) is 7.12. The van der Waals surface area contributed by atoms with Crippen LogP contribution in [0.2, 0.25) is 5.02 Å². The summed E-state index contributed by atoms with van der Waals surface area (Å²) in [6.07, 6.45) is 3.65. The predicted octanol–water partition coefficient (Wildman–Crippen LogP) is 6.99. The summed E-state index contributed by atoms with van der Waals surface area (Å²) < 4.78 is 18.8. The number of rotatable bonds is 8. The van der Waals surface area contributed by atoms with Gasteiger partial charge in [-0.15, -0.1) is 0 Å². The minimum atomic E-state index is -0.792. The molecule has 3 aromatic carbocycles. The lowest BCUT2D eigenvalue weighted by molar-refractivity contribution is -0.122. The fourth-order valence-corrected chi connectivity index (χ4v) is 4.75. The monoisotopic (exact) mass is 650 g/mol. The van der Waals surface area contributed by atoms with E-state index in [1.165, 1.54) is 22.8 Å². The molecule has 2 atom stereocenters. The van der Waals surface area contributed by atoms with Crippen LogP contribution in [0, 0.1) is 18.7 Å². The molecule has 9 heteroatoms. The summed E-state index contributed by atoms with van der Waals surface area (Å²) >= 11 is 5.82. The zero-order valence-electron chi connectivity index (χ0n) is 27.5. The van der Waals surface area contributed by atoms with Gasteiger partial charge in [-0.3, -0.25) is 4.79 Å². The van der Waals surface area contributed by atoms with Gasteiger partial charge in [0.05, 0.1) is 12.7 Å². The number of ether oxygens (including phenoxy) is 1. The van der Waals surface area contributed by atoms with Crippen LogP contribution in [0.15, 0.2) is 85.1 Å². The minimum absolute atomic E-state index is 0.0566. The zero-order valence-corrected chi connectivity index (χ0v) is 28.3. The van der Waals surface area contributed by atoms with E-state index in [0.29, 0.717) is 5.56 Å². The Morgan fingerprint density at radius 1 is 1.04 bits per heavy atom. The number of nitrogens with zero attached hydrogens (tertiary/aromatic N) is 2. The van der Waals surface area contributed by atoms with E-state index in [1.807, 2.05) is 63.3 Å². The first-order valence-electron chi connectivity index (χ1n) is 15.6. The molecular weight excluding hydrogens is 603 g/mol. The molecule has 1 amide bonds. The first kappa shape index (κ1) is 38.2. The highest BCUT2D eigenvalue weighted by atomic mass is 35.5. The van der Waals surface area contributed by atoms with Crippen molar-refractivity contribution in [2.75, 3.05) is 32.1 Å². The number of aryl methyl sites for hydroxylation is 2. The van der Waals surface area contributed by atoms with Crippen LogP contribution in [-0.4, -0.2) is 49.3 Å². The number of aliphatic hydroxyl groups excluding tert-OH is 1. The highest BCUT2D eigenvalue weighted by Gasteiger charge is 2.21. The molecule has 0 bridgehead atoms. The fourth-order valence-electron chi connectivity index (χ4n) is 4.55. The summed E-state index contributed by atoms with van der Waals surface area (Å²) in [7, 11) is 3.99. The van der Waals surface area contributed by atoms with Crippen molar-refractivity contribution in [3.05, 3.63) is 113 Å². The smallest absolute Gasteiger partial charge is 0.220 e. The van der Waals surface area contributed by atoms with Crippen LogP contribution >= 0.6 is 11.6 Å². The lowest BCUT2D eigenvalue weighted by atomic mass is 9.93. The number of halogens is 2. The molecule has 7 nitrogen and oxygen atoms in total. The lowest BCUT2D eigenvalue weighted by Crippen LogP contribution is -2.32. The van der Waals surface area contributed by atoms with Crippen LogP contribution in [0.1, 0.15) is 43.4 Å². The van der Waals surface area contributed by atoms with Crippen molar-refractivity contribution in [1.29, 1.82) is 0 Å². The summed E-state index contributed by atoms with van der Waals surface area (Å²) in [6, 6.07) is 24.6. The van der Waals surface area contributed by atoms with Crippen molar-refractivity contribution in [3.63, 3.8) is 0 Å². The standard InChI is InChI=1S/C14H16N2.C12H17FN2O2.C9H9ClO.C2H6/c1-11-4-6-12(7-5-11)13-8-9-14(15-10-13)16(2)3;13-11-4-2-1-3-8(11)5-9(12(15)17)6-10(16)7-14;10-8-3-4-9-7(6-8)2-1-5-11-9;1-2/h4-10H,1-3H3;1-4,9-10,16H,5-7,14H2,(H2,15,17);3-4,6H,1-2,5H2;1-2H3/t;9-,10+;;/m.1../s1. The van der Waals surface area contributed by atoms with Gasteiger partial charge in [-0.2, -0.15) is 0 Å². The van der Waals surface area contributed by atoms with Crippen molar-refractivity contribution in [2.24, 2.45) is 17.4 Å². The largest absolute Gasteiger partial charge is 0.493 e. The van der Waals surface area contributed by atoms with Gasteiger partial charge < -0.3 is 26.2 Å². The van der Waals surface area contributed by atoms with Crippen LogP contribution in [0.25, 0.3) is 11.1 Å². The molecule has 5 rings (SSSR count). The van der Waals surface area contributed by atoms with E-state index in [-0.39, 0.29) is 25.2 Å². The van der Waals surface area contributed by atoms with Gasteiger partial charge in [0.2, 0.25) is 5.91 Å². The Hall–Kier alpha value is -3.98. The van der Waals surface area contributed by atoms with Crippen molar-refractivity contribution >= 4 is 23.3 Å². The van der Waals surface area contributed by atoms with Gasteiger partial charge >= 0.3 is 0 Å². The first-order valence-corrected chi connectivity index (χ1v) is 16.0. The van der Waals surface area contributed by atoms with E-state index in [1.54, 1.807) is 18.2 Å². The molecule has 0 radical (unpaired) electrons. The van der Waals surface area contributed by atoms with Gasteiger partial charge in [-0.05, 0) is 85.7 Å². The highest BCUT2D eigenvalue weighted by molar-refractivity contribution is 6.30. The second-order valence-electron chi connectivity index (χ2n) is 10.9. The summed E-state index contributed by atoms with van der Waals surface area (Å²) in [6.45, 7) is 6.99. The molecule has 0 unspecified atom stereocenters. The van der Waals surface area contributed by atoms with E-state index >= 15 is 0 Å². The Kier molecular flexibility index (Phi) is 16.8. The summed E-state index contributed by atoms with van der Waals surface area (Å²) in [5, 5.41) is 10.2. The number of pyridine rings is 1. The van der Waals surface area contributed by atoms with Crippen LogP contribution < -0.4 is 21.1 Å². The van der Waals surface area contributed by atoms with Crippen LogP contribution in [-0.2, 0) is 17.6 Å². The number of hydrogen-bond donors (Lipinski definition) is 3. The molecule has 46 heavy (non-hydrogen) atoms. The number of anilines is 1. The molecule has 248 valence electrons. The third kappa shape index (κ3) is 12.8. The third-order valence-corrected chi connectivity index (χ3v) is 7.35. The average molecular weight is 651 g/mol. The molecule has 5 N–H and O–H groups in total. The Morgan fingerprint density at radius 3 is 2.30 bits per heavy atom. The molecule has 0 fully saturated rings. The molecular formula is C37H48ClFN4O3. The number of primary amides is 1. The van der Waals surface area contributed by atoms with Gasteiger partial charge in [0.25, 0.3) is 0 Å². The van der Waals surface area contributed by atoms with Crippen molar-refractivity contribution in [3.8, 4) is 16.9 Å². The van der Waals surface area contributed by atoms with E-state index in [2.05, 4.69) is 42.2 Å². The van der Waals surface area contributed by atoms with Gasteiger partial charge in [-0.25, -0.2) is 9.37 Å². The van der Waals surface area contributed by atoms with Crippen LogP contribution in [0.5, 0.6) is 5.75 Å². The number of carbonyl (C=O) groups is 1. The number of carbonyl (C=O) groups excluding carboxylic acids is 1. The van der Waals surface area contributed by atoms with E-state index in [0.717, 1.165) is 41.6 Å². The fraction of sp³-hybridized carbons (Fsp3) is 0.351. The number of benzene rings is 3. The topological polar surface area (TPSA) is 115 Å². The SMILES string of the molecule is CC.Cc1ccc(-c2ccc(N(C)C)nc2)cc1.Clc1ccc2c(c1)CCCO2.NC[C@@H](O)C[C@@H](Cc1ccccc1F)C(N)=O. The molecule has 2 heterocycles.